The largest absolute Gasteiger partial charge is 0.466 e. The van der Waals surface area contributed by atoms with Crippen LogP contribution in [0.2, 0.25) is 0 Å². The lowest BCUT2D eigenvalue weighted by molar-refractivity contribution is -0.140. The fourth-order valence-electron chi connectivity index (χ4n) is 3.09. The lowest BCUT2D eigenvalue weighted by atomic mass is 10.1. The molecule has 0 saturated heterocycles. The smallest absolute Gasteiger partial charge is 0.355 e. The summed E-state index contributed by atoms with van der Waals surface area (Å²) in [7, 11) is 2.54. The van der Waals surface area contributed by atoms with Crippen LogP contribution in [0.25, 0.3) is 10.2 Å². The average Bonchev–Trinajstić information content (AvgIpc) is 3.20. The zero-order chi connectivity index (χ0) is 21.1. The molecule has 0 fully saturated rings. The molecular weight excluding hydrogens is 424 g/mol. The monoisotopic (exact) mass is 442 g/mol. The third-order valence-electron chi connectivity index (χ3n) is 4.46. The van der Waals surface area contributed by atoms with Crippen molar-refractivity contribution in [1.29, 1.82) is 0 Å². The molecule has 3 aromatic rings. The van der Waals surface area contributed by atoms with Crippen molar-refractivity contribution >= 4 is 50.9 Å². The summed E-state index contributed by atoms with van der Waals surface area (Å²) < 4.78 is 17.3. The normalized spacial score (nSPS) is 14.1. The number of benzene rings is 2. The van der Waals surface area contributed by atoms with Gasteiger partial charge < -0.3 is 19.1 Å². The van der Waals surface area contributed by atoms with Crippen LogP contribution < -0.4 is 4.90 Å². The molecule has 2 heterocycles. The van der Waals surface area contributed by atoms with E-state index in [0.29, 0.717) is 5.69 Å². The van der Waals surface area contributed by atoms with Gasteiger partial charge in [-0.05, 0) is 24.3 Å². The predicted molar refractivity (Wildman–Crippen MR) is 115 cm³/mol. The van der Waals surface area contributed by atoms with Crippen molar-refractivity contribution in [3.05, 3.63) is 59.8 Å². The Kier molecular flexibility index (Phi) is 6.03. The first-order chi connectivity index (χ1) is 14.6. The maximum absolute atomic E-state index is 12.6. The molecule has 30 heavy (non-hydrogen) atoms. The second kappa shape index (κ2) is 8.86. The molecule has 0 amide bonds. The zero-order valence-electron chi connectivity index (χ0n) is 16.3. The summed E-state index contributed by atoms with van der Waals surface area (Å²) in [6.45, 7) is 0.0726. The molecule has 0 atom stereocenters. The number of para-hydroxylation sites is 2. The minimum absolute atomic E-state index is 0.0270. The first-order valence-electron chi connectivity index (χ1n) is 9.00. The summed E-state index contributed by atoms with van der Waals surface area (Å²) in [6.07, 6.45) is 0. The molecule has 0 radical (unpaired) electrons. The number of nitrogens with zero attached hydrogens (tertiary/aromatic N) is 2. The highest BCUT2D eigenvalue weighted by Gasteiger charge is 2.33. The third kappa shape index (κ3) is 3.91. The summed E-state index contributed by atoms with van der Waals surface area (Å²) in [5, 5.41) is 0. The number of esters is 2. The van der Waals surface area contributed by atoms with Crippen LogP contribution in [0.15, 0.2) is 69.0 Å². The van der Waals surface area contributed by atoms with E-state index in [-0.39, 0.29) is 24.6 Å². The van der Waals surface area contributed by atoms with E-state index in [0.717, 1.165) is 19.5 Å². The minimum atomic E-state index is -0.628. The highest BCUT2D eigenvalue weighted by atomic mass is 32.2. The van der Waals surface area contributed by atoms with Crippen LogP contribution in [0.3, 0.4) is 0 Å². The number of thiazole rings is 1. The average molecular weight is 443 g/mol. The van der Waals surface area contributed by atoms with Gasteiger partial charge in [0.05, 0.1) is 42.3 Å². The Bertz CT molecular complexity index is 1110. The molecule has 0 N–H and O–H groups in total. The van der Waals surface area contributed by atoms with Crippen molar-refractivity contribution in [1.82, 2.24) is 4.98 Å². The maximum atomic E-state index is 12.6. The van der Waals surface area contributed by atoms with Gasteiger partial charge in [-0.2, -0.15) is 0 Å². The number of rotatable bonds is 5. The predicted octanol–water partition coefficient (Wildman–Crippen LogP) is 3.84. The topological polar surface area (TPSA) is 78.0 Å². The zero-order valence-corrected chi connectivity index (χ0v) is 17.9. The van der Waals surface area contributed by atoms with Crippen molar-refractivity contribution < 1.29 is 23.8 Å². The molecule has 2 aromatic carbocycles. The number of carbonyl (C=O) groups excluding carboxylic acids is 2. The molecule has 4 rings (SSSR count). The van der Waals surface area contributed by atoms with Gasteiger partial charge in [0.15, 0.2) is 4.34 Å². The fourth-order valence-corrected chi connectivity index (χ4v) is 5.25. The summed E-state index contributed by atoms with van der Waals surface area (Å²) >= 11 is 3.08. The molecule has 9 heteroatoms. The van der Waals surface area contributed by atoms with E-state index in [9.17, 15) is 9.59 Å². The van der Waals surface area contributed by atoms with Crippen molar-refractivity contribution in [2.24, 2.45) is 0 Å². The number of hydrogen-bond donors (Lipinski definition) is 0. The van der Waals surface area contributed by atoms with E-state index in [2.05, 4.69) is 4.98 Å². The number of carbonyl (C=O) groups is 2. The van der Waals surface area contributed by atoms with Crippen LogP contribution in [-0.4, -0.2) is 44.5 Å². The van der Waals surface area contributed by atoms with Crippen LogP contribution in [-0.2, 0) is 23.8 Å². The second-order valence-corrected chi connectivity index (χ2v) is 8.55. The molecule has 7 nitrogen and oxygen atoms in total. The van der Waals surface area contributed by atoms with Crippen molar-refractivity contribution in [3.63, 3.8) is 0 Å². The molecule has 154 valence electrons. The van der Waals surface area contributed by atoms with Gasteiger partial charge in [-0.1, -0.05) is 36.0 Å². The first kappa shape index (κ1) is 20.4. The van der Waals surface area contributed by atoms with E-state index in [1.54, 1.807) is 16.2 Å². The lowest BCUT2D eigenvalue weighted by Gasteiger charge is -2.32. The number of fused-ring (bicyclic) bond motifs is 1. The van der Waals surface area contributed by atoms with Crippen LogP contribution >= 0.6 is 23.1 Å². The van der Waals surface area contributed by atoms with E-state index in [1.165, 1.54) is 26.0 Å². The summed E-state index contributed by atoms with van der Waals surface area (Å²) in [5.41, 5.74) is 1.89. The Morgan fingerprint density at radius 1 is 1.07 bits per heavy atom. The summed E-state index contributed by atoms with van der Waals surface area (Å²) in [6, 6.07) is 15.5. The molecule has 0 unspecified atom stereocenters. The number of methoxy groups -OCH3 is 2. The Morgan fingerprint density at radius 2 is 1.80 bits per heavy atom. The van der Waals surface area contributed by atoms with Crippen molar-refractivity contribution in [3.8, 4) is 0 Å². The highest BCUT2D eigenvalue weighted by Crippen LogP contribution is 2.40. The molecular formula is C21H18N2O5S2. The quantitative estimate of drug-likeness (QED) is 0.552. The third-order valence-corrected chi connectivity index (χ3v) is 6.62. The fraction of sp³-hybridized carbons (Fsp3) is 0.190. The Labute approximate surface area is 181 Å². The van der Waals surface area contributed by atoms with E-state index in [1.807, 2.05) is 48.5 Å². The van der Waals surface area contributed by atoms with Crippen LogP contribution in [0.4, 0.5) is 5.69 Å². The summed E-state index contributed by atoms with van der Waals surface area (Å²) in [4.78, 5) is 32.0. The van der Waals surface area contributed by atoms with E-state index < -0.39 is 11.9 Å². The SMILES string of the molecule is COC(=O)C1=C(C(=O)OC)N(c2ccccc2Sc2nc3ccccc3s2)COC1. The molecule has 0 spiro atoms. The molecule has 1 aliphatic rings. The highest BCUT2D eigenvalue weighted by molar-refractivity contribution is 8.01. The van der Waals surface area contributed by atoms with Gasteiger partial charge in [0.1, 0.15) is 12.4 Å². The van der Waals surface area contributed by atoms with Crippen molar-refractivity contribution in [2.45, 2.75) is 9.24 Å². The minimum Gasteiger partial charge on any atom is -0.466 e. The first-order valence-corrected chi connectivity index (χ1v) is 10.6. The summed E-state index contributed by atoms with van der Waals surface area (Å²) in [5.74, 6) is -1.25. The second-order valence-electron chi connectivity index (χ2n) is 6.23. The van der Waals surface area contributed by atoms with Gasteiger partial charge in [-0.3, -0.25) is 0 Å². The Balaban J connectivity index is 1.76. The van der Waals surface area contributed by atoms with Gasteiger partial charge in [0.2, 0.25) is 0 Å². The number of ether oxygens (including phenoxy) is 3. The molecule has 0 bridgehead atoms. The van der Waals surface area contributed by atoms with Gasteiger partial charge in [-0.15, -0.1) is 11.3 Å². The van der Waals surface area contributed by atoms with Gasteiger partial charge >= 0.3 is 11.9 Å². The Hall–Kier alpha value is -2.88. The Morgan fingerprint density at radius 3 is 2.57 bits per heavy atom. The van der Waals surface area contributed by atoms with Gasteiger partial charge in [0.25, 0.3) is 0 Å². The number of aromatic nitrogens is 1. The van der Waals surface area contributed by atoms with Crippen LogP contribution in [0.5, 0.6) is 0 Å². The molecule has 1 aliphatic heterocycles. The van der Waals surface area contributed by atoms with Crippen molar-refractivity contribution in [2.75, 3.05) is 32.5 Å². The maximum Gasteiger partial charge on any atom is 0.355 e. The standard InChI is InChI=1S/C21H18N2O5S2/c1-26-19(24)13-11-28-12-23(18(13)20(25)27-2)15-8-4-6-10-17(15)30-21-22-14-7-3-5-9-16(14)29-21/h3-10H,11-12H2,1-2H3. The number of anilines is 1. The molecule has 1 aromatic heterocycles. The molecule has 0 aliphatic carbocycles. The van der Waals surface area contributed by atoms with Gasteiger partial charge in [0, 0.05) is 4.90 Å². The van der Waals surface area contributed by atoms with Gasteiger partial charge in [-0.25, -0.2) is 14.6 Å². The van der Waals surface area contributed by atoms with Crippen LogP contribution in [0, 0.1) is 0 Å². The van der Waals surface area contributed by atoms with E-state index in [4.69, 9.17) is 14.2 Å². The van der Waals surface area contributed by atoms with Crippen LogP contribution in [0.1, 0.15) is 0 Å². The molecule has 0 saturated carbocycles. The lowest BCUT2D eigenvalue weighted by Crippen LogP contribution is -2.39. The number of hydrogen-bond acceptors (Lipinski definition) is 9. The van der Waals surface area contributed by atoms with E-state index >= 15 is 0 Å².